The molecule has 1 aliphatic heterocycles. The topological polar surface area (TPSA) is 67.4 Å². The third-order valence-corrected chi connectivity index (χ3v) is 3.52. The normalized spacial score (nSPS) is 12.9. The number of para-hydroxylation sites is 1. The van der Waals surface area contributed by atoms with Gasteiger partial charge in [-0.15, -0.1) is 0 Å². The Kier molecular flexibility index (Phi) is 3.62. The molecule has 0 atom stereocenters. The maximum atomic E-state index is 12.3. The van der Waals surface area contributed by atoms with Crippen molar-refractivity contribution < 1.29 is 14.3 Å². The number of carbonyl (C=O) groups is 2. The molecule has 0 unspecified atom stereocenters. The van der Waals surface area contributed by atoms with Crippen LogP contribution in [0.4, 0.5) is 11.4 Å². The summed E-state index contributed by atoms with van der Waals surface area (Å²) in [7, 11) is 0. The van der Waals surface area contributed by atoms with E-state index in [1.54, 1.807) is 30.3 Å². The van der Waals surface area contributed by atoms with Crippen molar-refractivity contribution in [1.29, 1.82) is 0 Å². The molecule has 0 saturated heterocycles. The molecule has 0 radical (unpaired) electrons. The fraction of sp³-hybridized carbons (Fsp3) is 0.0667. The van der Waals surface area contributed by atoms with Gasteiger partial charge in [-0.1, -0.05) is 22.0 Å². The first kappa shape index (κ1) is 13.6. The van der Waals surface area contributed by atoms with Crippen molar-refractivity contribution in [2.24, 2.45) is 0 Å². The van der Waals surface area contributed by atoms with Crippen LogP contribution in [-0.4, -0.2) is 18.4 Å². The van der Waals surface area contributed by atoms with E-state index in [2.05, 4.69) is 26.6 Å². The molecule has 1 heterocycles. The minimum atomic E-state index is -0.306. The highest BCUT2D eigenvalue weighted by atomic mass is 79.9. The van der Waals surface area contributed by atoms with E-state index < -0.39 is 0 Å². The number of anilines is 2. The Morgan fingerprint density at radius 2 is 1.95 bits per heavy atom. The Hall–Kier alpha value is -2.34. The lowest BCUT2D eigenvalue weighted by atomic mass is 10.1. The molecule has 0 saturated carbocycles. The smallest absolute Gasteiger partial charge is 0.262 e. The summed E-state index contributed by atoms with van der Waals surface area (Å²) in [5.41, 5.74) is 1.44. The number of ether oxygens (including phenoxy) is 1. The predicted molar refractivity (Wildman–Crippen MR) is 82.7 cm³/mol. The first-order chi connectivity index (χ1) is 10.1. The van der Waals surface area contributed by atoms with E-state index >= 15 is 0 Å². The molecule has 0 fully saturated rings. The number of amides is 2. The van der Waals surface area contributed by atoms with Crippen LogP contribution in [0.3, 0.4) is 0 Å². The quantitative estimate of drug-likeness (QED) is 0.878. The van der Waals surface area contributed by atoms with Gasteiger partial charge in [0.25, 0.3) is 11.8 Å². The molecular weight excluding hydrogens is 336 g/mol. The van der Waals surface area contributed by atoms with Crippen LogP contribution < -0.4 is 15.4 Å². The SMILES string of the molecule is O=C1COc2cccc(C(=O)Nc3ccc(Br)cc3)c2N1. The van der Waals surface area contributed by atoms with Gasteiger partial charge in [0, 0.05) is 10.2 Å². The molecule has 0 bridgehead atoms. The zero-order valence-corrected chi connectivity index (χ0v) is 12.4. The van der Waals surface area contributed by atoms with Crippen LogP contribution in [-0.2, 0) is 4.79 Å². The summed E-state index contributed by atoms with van der Waals surface area (Å²) in [6, 6.07) is 12.3. The summed E-state index contributed by atoms with van der Waals surface area (Å²) in [4.78, 5) is 23.8. The average molecular weight is 347 g/mol. The Bertz CT molecular complexity index is 713. The van der Waals surface area contributed by atoms with E-state index in [1.807, 2.05) is 12.1 Å². The Morgan fingerprint density at radius 3 is 2.71 bits per heavy atom. The highest BCUT2D eigenvalue weighted by molar-refractivity contribution is 9.10. The molecule has 0 aliphatic carbocycles. The zero-order valence-electron chi connectivity index (χ0n) is 10.9. The Labute approximate surface area is 129 Å². The maximum Gasteiger partial charge on any atom is 0.262 e. The summed E-state index contributed by atoms with van der Waals surface area (Å²) < 4.78 is 6.22. The van der Waals surface area contributed by atoms with Crippen LogP contribution in [0, 0.1) is 0 Å². The van der Waals surface area contributed by atoms with Gasteiger partial charge in [-0.05, 0) is 36.4 Å². The fourth-order valence-electron chi connectivity index (χ4n) is 2.02. The van der Waals surface area contributed by atoms with E-state index in [0.29, 0.717) is 22.7 Å². The van der Waals surface area contributed by atoms with E-state index in [9.17, 15) is 9.59 Å². The van der Waals surface area contributed by atoms with Crippen LogP contribution in [0.5, 0.6) is 5.75 Å². The third-order valence-electron chi connectivity index (χ3n) is 3.00. The van der Waals surface area contributed by atoms with Crippen molar-refractivity contribution in [3.05, 3.63) is 52.5 Å². The second-order valence-electron chi connectivity index (χ2n) is 4.48. The monoisotopic (exact) mass is 346 g/mol. The lowest BCUT2D eigenvalue weighted by molar-refractivity contribution is -0.118. The number of benzene rings is 2. The molecule has 2 N–H and O–H groups in total. The lowest BCUT2D eigenvalue weighted by Crippen LogP contribution is -2.27. The highest BCUT2D eigenvalue weighted by Gasteiger charge is 2.22. The molecular formula is C15H11BrN2O3. The molecule has 2 aromatic carbocycles. The second kappa shape index (κ2) is 5.57. The van der Waals surface area contributed by atoms with E-state index in [0.717, 1.165) is 4.47 Å². The van der Waals surface area contributed by atoms with Gasteiger partial charge in [0.15, 0.2) is 6.61 Å². The molecule has 2 amide bonds. The third kappa shape index (κ3) is 2.90. The summed E-state index contributed by atoms with van der Waals surface area (Å²) in [5.74, 6) is -0.0792. The van der Waals surface area contributed by atoms with Crippen LogP contribution in [0.15, 0.2) is 46.9 Å². The van der Waals surface area contributed by atoms with E-state index in [4.69, 9.17) is 4.74 Å². The van der Waals surface area contributed by atoms with Crippen molar-refractivity contribution in [3.8, 4) is 5.75 Å². The number of hydrogen-bond donors (Lipinski definition) is 2. The Balaban J connectivity index is 1.88. The van der Waals surface area contributed by atoms with E-state index in [1.165, 1.54) is 0 Å². The summed E-state index contributed by atoms with van der Waals surface area (Å²) in [6.45, 7) is -0.0369. The van der Waals surface area contributed by atoms with Gasteiger partial charge in [0.05, 0.1) is 11.3 Å². The minimum absolute atomic E-state index is 0.0369. The molecule has 0 aromatic heterocycles. The number of carbonyl (C=O) groups excluding carboxylic acids is 2. The number of hydrogen-bond acceptors (Lipinski definition) is 3. The lowest BCUT2D eigenvalue weighted by Gasteiger charge is -2.20. The Morgan fingerprint density at radius 1 is 1.19 bits per heavy atom. The first-order valence-electron chi connectivity index (χ1n) is 6.26. The summed E-state index contributed by atoms with van der Waals surface area (Å²) in [6.07, 6.45) is 0. The first-order valence-corrected chi connectivity index (χ1v) is 7.05. The van der Waals surface area contributed by atoms with Gasteiger partial charge >= 0.3 is 0 Å². The molecule has 106 valence electrons. The highest BCUT2D eigenvalue weighted by Crippen LogP contribution is 2.31. The molecule has 3 rings (SSSR count). The van der Waals surface area contributed by atoms with Crippen molar-refractivity contribution >= 4 is 39.1 Å². The van der Waals surface area contributed by atoms with E-state index in [-0.39, 0.29) is 18.4 Å². The molecule has 1 aliphatic rings. The maximum absolute atomic E-state index is 12.3. The summed E-state index contributed by atoms with van der Waals surface area (Å²) in [5, 5.41) is 5.46. The molecule has 6 heteroatoms. The van der Waals surface area contributed by atoms with Crippen LogP contribution in [0.2, 0.25) is 0 Å². The molecule has 2 aromatic rings. The number of halogens is 1. The fourth-order valence-corrected chi connectivity index (χ4v) is 2.28. The predicted octanol–water partition coefficient (Wildman–Crippen LogP) is 3.03. The van der Waals surface area contributed by atoms with Gasteiger partial charge in [0.1, 0.15) is 5.75 Å². The zero-order chi connectivity index (χ0) is 14.8. The summed E-state index contributed by atoms with van der Waals surface area (Å²) >= 11 is 3.34. The molecule has 21 heavy (non-hydrogen) atoms. The second-order valence-corrected chi connectivity index (χ2v) is 5.39. The average Bonchev–Trinajstić information content (AvgIpc) is 2.49. The van der Waals surface area contributed by atoms with Gasteiger partial charge < -0.3 is 15.4 Å². The van der Waals surface area contributed by atoms with Crippen molar-refractivity contribution in [2.45, 2.75) is 0 Å². The van der Waals surface area contributed by atoms with Crippen LogP contribution in [0.25, 0.3) is 0 Å². The van der Waals surface area contributed by atoms with Gasteiger partial charge in [-0.2, -0.15) is 0 Å². The molecule has 5 nitrogen and oxygen atoms in total. The van der Waals surface area contributed by atoms with Crippen molar-refractivity contribution in [3.63, 3.8) is 0 Å². The van der Waals surface area contributed by atoms with Crippen LogP contribution in [0.1, 0.15) is 10.4 Å². The largest absolute Gasteiger partial charge is 0.482 e. The standard InChI is InChI=1S/C15H11BrN2O3/c16-9-4-6-10(7-5-9)17-15(20)11-2-1-3-12-14(11)18-13(19)8-21-12/h1-7H,8H2,(H,17,20)(H,18,19). The molecule has 0 spiro atoms. The number of rotatable bonds is 2. The van der Waals surface area contributed by atoms with Crippen molar-refractivity contribution in [1.82, 2.24) is 0 Å². The number of fused-ring (bicyclic) bond motifs is 1. The van der Waals surface area contributed by atoms with Gasteiger partial charge in [-0.3, -0.25) is 9.59 Å². The van der Waals surface area contributed by atoms with Crippen molar-refractivity contribution in [2.75, 3.05) is 17.2 Å². The minimum Gasteiger partial charge on any atom is -0.482 e. The van der Waals surface area contributed by atoms with Gasteiger partial charge in [0.2, 0.25) is 0 Å². The number of nitrogens with one attached hydrogen (secondary N) is 2. The van der Waals surface area contributed by atoms with Crippen LogP contribution >= 0.6 is 15.9 Å². The van der Waals surface area contributed by atoms with Gasteiger partial charge in [-0.25, -0.2) is 0 Å².